The predicted octanol–water partition coefficient (Wildman–Crippen LogP) is 0.266. The SMILES string of the molecule is Cc1ncc(S(=O)(=O)NC2CCC(N)CC2)[nH]1. The van der Waals surface area contributed by atoms with Crippen molar-refractivity contribution >= 4 is 10.0 Å². The van der Waals surface area contributed by atoms with Gasteiger partial charge in [0, 0.05) is 12.1 Å². The number of nitrogens with zero attached hydrogens (tertiary/aromatic N) is 1. The Morgan fingerprint density at radius 1 is 1.41 bits per heavy atom. The van der Waals surface area contributed by atoms with E-state index in [2.05, 4.69) is 14.7 Å². The first kappa shape index (κ1) is 12.5. The maximum atomic E-state index is 12.0. The summed E-state index contributed by atoms with van der Waals surface area (Å²) in [7, 11) is -3.47. The second-order valence-corrected chi connectivity index (χ2v) is 6.25. The van der Waals surface area contributed by atoms with Gasteiger partial charge in [0.05, 0.1) is 6.20 Å². The maximum Gasteiger partial charge on any atom is 0.257 e. The van der Waals surface area contributed by atoms with Crippen LogP contribution in [0.2, 0.25) is 0 Å². The van der Waals surface area contributed by atoms with Gasteiger partial charge >= 0.3 is 0 Å². The van der Waals surface area contributed by atoms with Gasteiger partial charge in [-0.05, 0) is 32.6 Å². The van der Waals surface area contributed by atoms with Gasteiger partial charge in [-0.1, -0.05) is 0 Å². The molecule has 1 heterocycles. The van der Waals surface area contributed by atoms with Gasteiger partial charge in [0.15, 0.2) is 5.03 Å². The highest BCUT2D eigenvalue weighted by molar-refractivity contribution is 7.89. The van der Waals surface area contributed by atoms with Crippen molar-refractivity contribution < 1.29 is 8.42 Å². The van der Waals surface area contributed by atoms with Crippen LogP contribution >= 0.6 is 0 Å². The third-order valence-electron chi connectivity index (χ3n) is 3.06. The van der Waals surface area contributed by atoms with Crippen molar-refractivity contribution in [1.82, 2.24) is 14.7 Å². The Bertz CT molecular complexity index is 474. The van der Waals surface area contributed by atoms with Crippen LogP contribution in [0.1, 0.15) is 31.5 Å². The molecule has 1 aliphatic rings. The van der Waals surface area contributed by atoms with Gasteiger partial charge in [0.2, 0.25) is 0 Å². The van der Waals surface area contributed by atoms with Gasteiger partial charge in [-0.15, -0.1) is 0 Å². The Morgan fingerprint density at radius 2 is 2.06 bits per heavy atom. The van der Waals surface area contributed by atoms with Crippen molar-refractivity contribution in [2.24, 2.45) is 5.73 Å². The lowest BCUT2D eigenvalue weighted by Gasteiger charge is -2.26. The van der Waals surface area contributed by atoms with E-state index in [0.29, 0.717) is 5.82 Å². The smallest absolute Gasteiger partial charge is 0.257 e. The summed E-state index contributed by atoms with van der Waals surface area (Å²) in [6, 6.07) is 0.202. The summed E-state index contributed by atoms with van der Waals surface area (Å²) in [4.78, 5) is 6.62. The molecule has 6 nitrogen and oxygen atoms in total. The molecular formula is C10H18N4O2S. The summed E-state index contributed by atoms with van der Waals surface area (Å²) in [5.41, 5.74) is 5.78. The standard InChI is InChI=1S/C10H18N4O2S/c1-7-12-6-10(13-7)17(15,16)14-9-4-2-8(11)3-5-9/h6,8-9,14H,2-5,11H2,1H3,(H,12,13). The Balaban J connectivity index is 2.03. The van der Waals surface area contributed by atoms with Gasteiger partial charge in [-0.25, -0.2) is 18.1 Å². The number of rotatable bonds is 3. The third-order valence-corrected chi connectivity index (χ3v) is 4.49. The summed E-state index contributed by atoms with van der Waals surface area (Å²) >= 11 is 0. The molecule has 0 spiro atoms. The predicted molar refractivity (Wildman–Crippen MR) is 63.9 cm³/mol. The quantitative estimate of drug-likeness (QED) is 0.724. The lowest BCUT2D eigenvalue weighted by atomic mass is 9.93. The summed E-state index contributed by atoms with van der Waals surface area (Å²) in [6.07, 6.45) is 4.68. The highest BCUT2D eigenvalue weighted by atomic mass is 32.2. The summed E-state index contributed by atoms with van der Waals surface area (Å²) < 4.78 is 26.7. The lowest BCUT2D eigenvalue weighted by Crippen LogP contribution is -2.40. The van der Waals surface area contributed by atoms with Crippen LogP contribution in [-0.2, 0) is 10.0 Å². The molecule has 7 heteroatoms. The summed E-state index contributed by atoms with van der Waals surface area (Å²) in [5, 5.41) is 0.130. The van der Waals surface area contributed by atoms with E-state index in [0.717, 1.165) is 25.7 Å². The number of nitrogens with two attached hydrogens (primary N) is 1. The molecule has 0 aliphatic heterocycles. The van der Waals surface area contributed by atoms with Crippen LogP contribution in [0.4, 0.5) is 0 Å². The first-order chi connectivity index (χ1) is 7.97. The number of hydrogen-bond acceptors (Lipinski definition) is 4. The number of nitrogens with one attached hydrogen (secondary N) is 2. The number of aromatic nitrogens is 2. The van der Waals surface area contributed by atoms with E-state index in [1.807, 2.05) is 0 Å². The fourth-order valence-corrected chi connectivity index (χ4v) is 3.33. The van der Waals surface area contributed by atoms with Crippen molar-refractivity contribution in [3.63, 3.8) is 0 Å². The van der Waals surface area contributed by atoms with E-state index in [1.54, 1.807) is 6.92 Å². The molecule has 1 aromatic rings. The molecule has 1 aromatic heterocycles. The molecular weight excluding hydrogens is 240 g/mol. The number of aryl methyl sites for hydroxylation is 1. The van der Waals surface area contributed by atoms with Crippen LogP contribution < -0.4 is 10.5 Å². The Morgan fingerprint density at radius 3 is 2.59 bits per heavy atom. The second-order valence-electron chi connectivity index (χ2n) is 4.57. The lowest BCUT2D eigenvalue weighted by molar-refractivity contribution is 0.373. The molecule has 0 radical (unpaired) electrons. The Labute approximate surface area is 101 Å². The highest BCUT2D eigenvalue weighted by Crippen LogP contribution is 2.18. The van der Waals surface area contributed by atoms with Crippen molar-refractivity contribution in [2.45, 2.75) is 49.7 Å². The van der Waals surface area contributed by atoms with E-state index in [9.17, 15) is 8.42 Å². The molecule has 1 aliphatic carbocycles. The van der Waals surface area contributed by atoms with E-state index in [4.69, 9.17) is 5.73 Å². The molecule has 0 amide bonds. The van der Waals surface area contributed by atoms with Crippen LogP contribution in [-0.4, -0.2) is 30.5 Å². The van der Waals surface area contributed by atoms with E-state index in [1.165, 1.54) is 6.20 Å². The van der Waals surface area contributed by atoms with Crippen molar-refractivity contribution in [3.05, 3.63) is 12.0 Å². The van der Waals surface area contributed by atoms with E-state index >= 15 is 0 Å². The minimum absolute atomic E-state index is 0.0107. The molecule has 0 aromatic carbocycles. The molecule has 1 saturated carbocycles. The van der Waals surface area contributed by atoms with Crippen molar-refractivity contribution in [3.8, 4) is 0 Å². The largest absolute Gasteiger partial charge is 0.332 e. The summed E-state index contributed by atoms with van der Waals surface area (Å²) in [6.45, 7) is 1.72. The van der Waals surface area contributed by atoms with E-state index < -0.39 is 10.0 Å². The molecule has 0 atom stereocenters. The first-order valence-electron chi connectivity index (χ1n) is 5.77. The minimum Gasteiger partial charge on any atom is -0.332 e. The van der Waals surface area contributed by atoms with Gasteiger partial charge in [-0.2, -0.15) is 0 Å². The van der Waals surface area contributed by atoms with Crippen LogP contribution in [0, 0.1) is 6.92 Å². The second kappa shape index (κ2) is 4.75. The average molecular weight is 258 g/mol. The molecule has 4 N–H and O–H groups in total. The number of hydrogen-bond donors (Lipinski definition) is 3. The first-order valence-corrected chi connectivity index (χ1v) is 7.25. The minimum atomic E-state index is -3.47. The fraction of sp³-hybridized carbons (Fsp3) is 0.700. The van der Waals surface area contributed by atoms with Gasteiger partial charge in [-0.3, -0.25) is 0 Å². The highest BCUT2D eigenvalue weighted by Gasteiger charge is 2.25. The summed E-state index contributed by atoms with van der Waals surface area (Å²) in [5.74, 6) is 0.594. The van der Waals surface area contributed by atoms with Gasteiger partial charge in [0.25, 0.3) is 10.0 Å². The molecule has 0 unspecified atom stereocenters. The molecule has 0 bridgehead atoms. The van der Waals surface area contributed by atoms with Crippen molar-refractivity contribution in [2.75, 3.05) is 0 Å². The van der Waals surface area contributed by atoms with Crippen molar-refractivity contribution in [1.29, 1.82) is 0 Å². The molecule has 96 valence electrons. The molecule has 2 rings (SSSR count). The molecule has 0 saturated heterocycles. The molecule has 1 fully saturated rings. The van der Waals surface area contributed by atoms with Crippen LogP contribution in [0.25, 0.3) is 0 Å². The molecule has 17 heavy (non-hydrogen) atoms. The van der Waals surface area contributed by atoms with E-state index in [-0.39, 0.29) is 17.1 Å². The third kappa shape index (κ3) is 3.05. The van der Waals surface area contributed by atoms with Gasteiger partial charge < -0.3 is 10.7 Å². The fourth-order valence-electron chi connectivity index (χ4n) is 2.05. The Kier molecular flexibility index (Phi) is 3.50. The maximum absolute atomic E-state index is 12.0. The van der Waals surface area contributed by atoms with Crippen LogP contribution in [0.5, 0.6) is 0 Å². The Hall–Kier alpha value is -0.920. The zero-order valence-electron chi connectivity index (χ0n) is 9.81. The number of H-pyrrole nitrogens is 1. The zero-order chi connectivity index (χ0) is 12.5. The monoisotopic (exact) mass is 258 g/mol. The number of aromatic amines is 1. The van der Waals surface area contributed by atoms with Crippen LogP contribution in [0.3, 0.4) is 0 Å². The zero-order valence-corrected chi connectivity index (χ0v) is 10.6. The number of imidazole rings is 1. The number of sulfonamides is 1. The normalized spacial score (nSPS) is 26.0. The topological polar surface area (TPSA) is 101 Å². The van der Waals surface area contributed by atoms with Gasteiger partial charge in [0.1, 0.15) is 5.82 Å². The van der Waals surface area contributed by atoms with Crippen LogP contribution in [0.15, 0.2) is 11.2 Å². The average Bonchev–Trinajstić information content (AvgIpc) is 2.69.